The molecular weight excluding hydrogens is 428 g/mol. The summed E-state index contributed by atoms with van der Waals surface area (Å²) in [5.74, 6) is 0.0514. The second-order valence-corrected chi connectivity index (χ2v) is 9.70. The van der Waals surface area contributed by atoms with Crippen molar-refractivity contribution < 1.29 is 17.9 Å². The van der Waals surface area contributed by atoms with E-state index in [1.54, 1.807) is 0 Å². The fourth-order valence-corrected chi connectivity index (χ4v) is 5.15. The number of benzene rings is 2. The maximum absolute atomic E-state index is 13.2. The van der Waals surface area contributed by atoms with Gasteiger partial charge in [-0.2, -0.15) is 0 Å². The molecule has 2 aromatic carbocycles. The second kappa shape index (κ2) is 8.33. The minimum atomic E-state index is -3.76. The van der Waals surface area contributed by atoms with Gasteiger partial charge in [-0.25, -0.2) is 13.1 Å². The van der Waals surface area contributed by atoms with Gasteiger partial charge in [0.2, 0.25) is 15.9 Å². The fraction of sp³-hybridized carbons (Fsp3) is 0.261. The standard InChI is InChI=1S/C23H24N4O4S/c28-22-18-15-27-19-8-3-1-6-16(19)14-20(27)17-7-2-4-9-21(17)31-23(18)25-12-11-24-10-5-13-32(29,30)26-22/h1-4,6-9,14,24-25H,5,10-13,15H2,(H,26,28). The van der Waals surface area contributed by atoms with Gasteiger partial charge < -0.3 is 19.9 Å². The van der Waals surface area contributed by atoms with Crippen LogP contribution in [0.3, 0.4) is 0 Å². The number of hydrogen-bond acceptors (Lipinski definition) is 6. The summed E-state index contributed by atoms with van der Waals surface area (Å²) in [7, 11) is -3.76. The Balaban J connectivity index is 1.70. The Morgan fingerprint density at radius 3 is 2.69 bits per heavy atom. The molecule has 0 spiro atoms. The van der Waals surface area contributed by atoms with Crippen LogP contribution in [0, 0.1) is 0 Å². The Labute approximate surface area is 186 Å². The molecule has 32 heavy (non-hydrogen) atoms. The van der Waals surface area contributed by atoms with Crippen LogP contribution < -0.4 is 20.1 Å². The van der Waals surface area contributed by atoms with Crippen molar-refractivity contribution in [1.29, 1.82) is 0 Å². The van der Waals surface area contributed by atoms with Gasteiger partial charge in [0, 0.05) is 29.6 Å². The van der Waals surface area contributed by atoms with Crippen LogP contribution in [0.15, 0.2) is 66.1 Å². The number of hydrogen-bond donors (Lipinski definition) is 3. The van der Waals surface area contributed by atoms with Crippen LogP contribution in [0.2, 0.25) is 0 Å². The largest absolute Gasteiger partial charge is 0.440 e. The smallest absolute Gasteiger partial charge is 0.267 e. The van der Waals surface area contributed by atoms with Crippen LogP contribution in [0.5, 0.6) is 5.75 Å². The predicted octanol–water partition coefficient (Wildman–Crippen LogP) is 1.94. The Morgan fingerprint density at radius 2 is 1.78 bits per heavy atom. The van der Waals surface area contributed by atoms with Gasteiger partial charge in [-0.1, -0.05) is 30.3 Å². The highest BCUT2D eigenvalue weighted by molar-refractivity contribution is 7.90. The summed E-state index contributed by atoms with van der Waals surface area (Å²) in [5, 5.41) is 7.44. The highest BCUT2D eigenvalue weighted by Crippen LogP contribution is 2.37. The Hall–Kier alpha value is -3.30. The normalized spacial score (nSPS) is 18.9. The van der Waals surface area contributed by atoms with Crippen LogP contribution in [0.25, 0.3) is 22.2 Å². The van der Waals surface area contributed by atoms with Crippen LogP contribution >= 0.6 is 0 Å². The van der Waals surface area contributed by atoms with Gasteiger partial charge in [0.05, 0.1) is 23.6 Å². The van der Waals surface area contributed by atoms with Crippen molar-refractivity contribution in [3.63, 3.8) is 0 Å². The molecule has 1 amide bonds. The van der Waals surface area contributed by atoms with Crippen molar-refractivity contribution in [2.45, 2.75) is 13.0 Å². The lowest BCUT2D eigenvalue weighted by Crippen LogP contribution is -2.40. The van der Waals surface area contributed by atoms with E-state index in [-0.39, 0.29) is 23.8 Å². The van der Waals surface area contributed by atoms with Gasteiger partial charge in [-0.05, 0) is 37.2 Å². The number of nitrogens with one attached hydrogen (secondary N) is 3. The number of fused-ring (bicyclic) bond motifs is 5. The summed E-state index contributed by atoms with van der Waals surface area (Å²) in [5.41, 5.74) is 2.98. The quantitative estimate of drug-likeness (QED) is 0.482. The van der Waals surface area contributed by atoms with Crippen molar-refractivity contribution in [1.82, 2.24) is 19.9 Å². The number of carbonyl (C=O) groups is 1. The molecule has 0 saturated carbocycles. The molecule has 166 valence electrons. The number of aromatic nitrogens is 1. The van der Waals surface area contributed by atoms with Crippen molar-refractivity contribution >= 4 is 26.8 Å². The molecule has 9 heteroatoms. The first kappa shape index (κ1) is 20.6. The van der Waals surface area contributed by atoms with Gasteiger partial charge in [0.15, 0.2) is 0 Å². The zero-order chi connectivity index (χ0) is 22.1. The van der Waals surface area contributed by atoms with Crippen molar-refractivity contribution in [3.05, 3.63) is 66.1 Å². The third-order valence-electron chi connectivity index (χ3n) is 5.65. The molecule has 0 unspecified atom stereocenters. The molecule has 0 fully saturated rings. The number of sulfonamides is 1. The van der Waals surface area contributed by atoms with E-state index in [4.69, 9.17) is 4.74 Å². The van der Waals surface area contributed by atoms with E-state index < -0.39 is 15.9 Å². The van der Waals surface area contributed by atoms with Crippen LogP contribution in [-0.2, 0) is 21.4 Å². The Kier molecular flexibility index (Phi) is 5.36. The topological polar surface area (TPSA) is 101 Å². The van der Waals surface area contributed by atoms with E-state index in [1.165, 1.54) is 0 Å². The molecule has 3 heterocycles. The van der Waals surface area contributed by atoms with Crippen molar-refractivity contribution in [3.8, 4) is 17.0 Å². The zero-order valence-electron chi connectivity index (χ0n) is 17.4. The summed E-state index contributed by atoms with van der Waals surface area (Å²) in [6, 6.07) is 17.6. The lowest BCUT2D eigenvalue weighted by molar-refractivity contribution is -0.116. The number of para-hydroxylation sites is 2. The average Bonchev–Trinajstić information content (AvgIpc) is 3.12. The molecule has 1 aromatic heterocycles. The molecule has 0 bridgehead atoms. The van der Waals surface area contributed by atoms with Crippen molar-refractivity contribution in [2.24, 2.45) is 0 Å². The number of carbonyl (C=O) groups excluding carboxylic acids is 1. The maximum Gasteiger partial charge on any atom is 0.267 e. The minimum absolute atomic E-state index is 0.122. The van der Waals surface area contributed by atoms with E-state index in [0.29, 0.717) is 31.8 Å². The Bertz CT molecular complexity index is 1330. The van der Waals surface area contributed by atoms with E-state index in [9.17, 15) is 13.2 Å². The van der Waals surface area contributed by atoms with E-state index in [0.717, 1.165) is 22.2 Å². The monoisotopic (exact) mass is 452 g/mol. The van der Waals surface area contributed by atoms with Crippen LogP contribution in [0.4, 0.5) is 0 Å². The SMILES string of the molecule is O=C1NS(=O)(=O)CCCNCCNC2=C1Cn1c(cc3ccccc31)-c1ccccc1O2. The lowest BCUT2D eigenvalue weighted by Gasteiger charge is -2.24. The van der Waals surface area contributed by atoms with Gasteiger partial charge in [-0.3, -0.25) is 4.79 Å². The predicted molar refractivity (Wildman–Crippen MR) is 122 cm³/mol. The number of nitrogens with zero attached hydrogens (tertiary/aromatic N) is 1. The summed E-state index contributed by atoms with van der Waals surface area (Å²) in [4.78, 5) is 13.2. The van der Waals surface area contributed by atoms with Crippen LogP contribution in [-0.4, -0.2) is 44.3 Å². The second-order valence-electron chi connectivity index (χ2n) is 7.86. The first-order chi connectivity index (χ1) is 15.5. The molecule has 0 radical (unpaired) electrons. The molecule has 8 nitrogen and oxygen atoms in total. The number of ether oxygens (including phenoxy) is 1. The van der Waals surface area contributed by atoms with Crippen LogP contribution in [0.1, 0.15) is 6.42 Å². The van der Waals surface area contributed by atoms with Gasteiger partial charge in [-0.15, -0.1) is 0 Å². The lowest BCUT2D eigenvalue weighted by atomic mass is 10.1. The Morgan fingerprint density at radius 1 is 0.969 bits per heavy atom. The zero-order valence-corrected chi connectivity index (χ0v) is 18.2. The summed E-state index contributed by atoms with van der Waals surface area (Å²) >= 11 is 0. The third kappa shape index (κ3) is 3.96. The molecule has 3 N–H and O–H groups in total. The molecule has 0 aliphatic carbocycles. The average molecular weight is 453 g/mol. The summed E-state index contributed by atoms with van der Waals surface area (Å²) < 4.78 is 35.4. The number of rotatable bonds is 0. The van der Waals surface area contributed by atoms with E-state index in [1.807, 2.05) is 53.1 Å². The van der Waals surface area contributed by atoms with Gasteiger partial charge in [0.1, 0.15) is 5.75 Å². The fourth-order valence-electron chi connectivity index (χ4n) is 4.12. The molecule has 3 aromatic rings. The molecule has 0 saturated heterocycles. The maximum atomic E-state index is 13.2. The first-order valence-electron chi connectivity index (χ1n) is 10.6. The third-order valence-corrected chi connectivity index (χ3v) is 6.97. The molecule has 2 aliphatic heterocycles. The number of amides is 1. The highest BCUT2D eigenvalue weighted by atomic mass is 32.2. The van der Waals surface area contributed by atoms with Crippen molar-refractivity contribution in [2.75, 3.05) is 25.4 Å². The van der Waals surface area contributed by atoms with Gasteiger partial charge in [0.25, 0.3) is 5.91 Å². The molecular formula is C23H24N4O4S. The van der Waals surface area contributed by atoms with E-state index >= 15 is 0 Å². The molecule has 2 aliphatic rings. The van der Waals surface area contributed by atoms with Gasteiger partial charge >= 0.3 is 0 Å². The first-order valence-corrected chi connectivity index (χ1v) is 12.3. The highest BCUT2D eigenvalue weighted by Gasteiger charge is 2.28. The molecule has 0 atom stereocenters. The summed E-state index contributed by atoms with van der Waals surface area (Å²) in [6.45, 7) is 1.85. The minimum Gasteiger partial charge on any atom is -0.440 e. The molecule has 5 rings (SSSR count). The van der Waals surface area contributed by atoms with E-state index in [2.05, 4.69) is 21.4 Å². The summed E-state index contributed by atoms with van der Waals surface area (Å²) in [6.07, 6.45) is 0.421.